The molecule has 516 valence electrons. The summed E-state index contributed by atoms with van der Waals surface area (Å²) in [6.07, 6.45) is 13.2. The molecule has 4 aromatic rings. The minimum absolute atomic E-state index is 0. The highest BCUT2D eigenvalue weighted by Gasteiger charge is 2.27. The molecule has 0 bridgehead atoms. The SMILES string of the molecule is CC(C)(C)N.CC(C)(C)NC(=O)CCl.CCCCC(=O)NC(C)(C)C.CCN.CCN(CC(=O)CC(C)(C)C)c1nc(-c2cc(OC)ccn2)nc2c1CCC2.CCN(CC(=O)CC(C)(C)C)c1nc(Cl)nc2c1CCC2.COc1ccnc(Br)c1.O=C(Cl)CCl. The topological polar surface area (TPSA) is 264 Å². The van der Waals surface area contributed by atoms with Crippen LogP contribution >= 0.6 is 62.3 Å². The van der Waals surface area contributed by atoms with Crippen LogP contribution in [-0.4, -0.2) is 134 Å². The summed E-state index contributed by atoms with van der Waals surface area (Å²) in [7, 11) is 3.26. The molecule has 4 heterocycles. The summed E-state index contributed by atoms with van der Waals surface area (Å²) in [5.74, 6) is 4.34. The number of methoxy groups -OCH3 is 2. The first kappa shape index (κ1) is 88.2. The number of nitrogens with two attached hydrogens (primary N) is 2. The molecule has 0 saturated heterocycles. The van der Waals surface area contributed by atoms with Crippen molar-refractivity contribution in [1.82, 2.24) is 40.5 Å². The zero-order valence-electron chi connectivity index (χ0n) is 58.7. The number of hydrogen-bond donors (Lipinski definition) is 4. The number of anilines is 2. The number of likely N-dealkylation sites (N-methyl/N-ethyl adjacent to an activating group) is 2. The third-order valence-corrected chi connectivity index (χ3v) is 12.8. The van der Waals surface area contributed by atoms with Gasteiger partial charge in [0.25, 0.3) is 0 Å². The molecule has 2 amide bonds. The zero-order chi connectivity index (χ0) is 70.5. The van der Waals surface area contributed by atoms with Gasteiger partial charge < -0.3 is 41.4 Å². The van der Waals surface area contributed by atoms with E-state index in [9.17, 15) is 24.0 Å². The Morgan fingerprint density at radius 1 is 0.626 bits per heavy atom. The number of ether oxygens (including phenoxy) is 2. The van der Waals surface area contributed by atoms with Gasteiger partial charge in [0.05, 0.1) is 38.9 Å². The van der Waals surface area contributed by atoms with Gasteiger partial charge in [-0.05, 0) is 190 Å². The number of rotatable bonds is 18. The zero-order valence-corrected chi connectivity index (χ0v) is 63.3. The summed E-state index contributed by atoms with van der Waals surface area (Å²) in [6, 6.07) is 7.26. The van der Waals surface area contributed by atoms with Gasteiger partial charge in [-0.2, -0.15) is 0 Å². The molecular formula is C67H111BrCl4N12O7. The van der Waals surface area contributed by atoms with Crippen LogP contribution in [0.25, 0.3) is 11.5 Å². The molecule has 91 heavy (non-hydrogen) atoms. The van der Waals surface area contributed by atoms with Crippen molar-refractivity contribution in [3.63, 3.8) is 0 Å². The number of hydrogen-bond acceptors (Lipinski definition) is 17. The molecular weight excluding hydrogens is 1310 g/mol. The van der Waals surface area contributed by atoms with Crippen molar-refractivity contribution in [3.05, 3.63) is 69.1 Å². The smallest absolute Gasteiger partial charge is 0.236 e. The number of carbonyl (C=O) groups is 5. The fourth-order valence-corrected chi connectivity index (χ4v) is 8.86. The maximum Gasteiger partial charge on any atom is 0.236 e. The first-order chi connectivity index (χ1) is 42.0. The van der Waals surface area contributed by atoms with Gasteiger partial charge in [-0.3, -0.25) is 29.0 Å². The lowest BCUT2D eigenvalue weighted by Gasteiger charge is -2.26. The van der Waals surface area contributed by atoms with Gasteiger partial charge in [0.1, 0.15) is 39.3 Å². The van der Waals surface area contributed by atoms with E-state index in [1.165, 1.54) is 11.1 Å². The molecule has 0 aliphatic heterocycles. The van der Waals surface area contributed by atoms with E-state index in [0.717, 1.165) is 110 Å². The monoisotopic (exact) mass is 1410 g/mol. The number of alkyl halides is 2. The van der Waals surface area contributed by atoms with Crippen molar-refractivity contribution in [2.24, 2.45) is 22.3 Å². The summed E-state index contributed by atoms with van der Waals surface area (Å²) in [4.78, 5) is 86.8. The summed E-state index contributed by atoms with van der Waals surface area (Å²) < 4.78 is 11.0. The molecule has 0 fully saturated rings. The van der Waals surface area contributed by atoms with Crippen molar-refractivity contribution in [3.8, 4) is 23.0 Å². The Hall–Kier alpha value is -4.83. The normalized spacial score (nSPS) is 12.0. The fourth-order valence-electron chi connectivity index (χ4n) is 8.27. The standard InChI is InChI=1S/C22H30N4O2.C16H24ClN3O.C9H19NO.C6H6BrNO.C6H12ClNO.C4H11N.C2H2Cl2O.C2H7N/c1-6-26(14-15(27)13-22(2,3)4)21-17-8-7-9-18(17)24-20(25-21)19-12-16(28-5)10-11-23-19;1-5-20(10-11(21)9-16(2,3)4)14-12-7-6-8-13(12)18-15(17)19-14;1-5-6-7-8(11)10-9(2,3)4;1-9-5-2-3-8-6(7)4-5;1-6(2,3)8-5(9)4-7;1-4(2,3)5;3-1-2(4)5;1-2-3/h10-12H,6-9,13-14H2,1-5H3;5-10H2,1-4H3;5-7H2,1-4H3,(H,10,11);2-4H,1H3;4H2,1-3H3,(H,8,9);5H2,1-3H3;1H2;2-3H2,1H3. The number of ketones is 2. The predicted molar refractivity (Wildman–Crippen MR) is 382 cm³/mol. The fraction of sp³-hybridized carbons (Fsp3) is 0.657. The number of carbonyl (C=O) groups excluding carboxylic acids is 5. The van der Waals surface area contributed by atoms with E-state index in [1.54, 1.807) is 44.8 Å². The van der Waals surface area contributed by atoms with Crippen molar-refractivity contribution >= 4 is 103 Å². The molecule has 0 atom stereocenters. The molecule has 24 heteroatoms. The van der Waals surface area contributed by atoms with Gasteiger partial charge in [0, 0.05) is 90.3 Å². The van der Waals surface area contributed by atoms with E-state index in [-0.39, 0.29) is 67.9 Å². The molecule has 0 aromatic carbocycles. The number of unbranched alkanes of at least 4 members (excludes halogenated alkanes) is 1. The maximum atomic E-state index is 12.6. The molecule has 2 aliphatic carbocycles. The summed E-state index contributed by atoms with van der Waals surface area (Å²) in [5.41, 5.74) is 15.1. The molecule has 0 unspecified atom stereocenters. The lowest BCUT2D eigenvalue weighted by atomic mass is 9.90. The highest BCUT2D eigenvalue weighted by Crippen LogP contribution is 2.33. The summed E-state index contributed by atoms with van der Waals surface area (Å²) in [5, 5.41) is 5.39. The molecule has 0 radical (unpaired) electrons. The Bertz CT molecular complexity index is 2790. The second kappa shape index (κ2) is 44.7. The first-order valence-corrected chi connectivity index (χ1v) is 33.7. The number of Topliss-reactive ketones (excluding diaryl/α,β-unsaturated/α-hetero) is 2. The van der Waals surface area contributed by atoms with Gasteiger partial charge in [-0.25, -0.2) is 24.9 Å². The number of fused-ring (bicyclic) bond motifs is 2. The van der Waals surface area contributed by atoms with E-state index < -0.39 is 5.24 Å². The second-order valence-corrected chi connectivity index (χ2v) is 29.1. The third kappa shape index (κ3) is 44.4. The van der Waals surface area contributed by atoms with Crippen LogP contribution in [0, 0.1) is 10.8 Å². The maximum absolute atomic E-state index is 12.6. The Kier molecular flexibility index (Phi) is 43.3. The third-order valence-electron chi connectivity index (χ3n) is 11.5. The number of nitrogens with zero attached hydrogens (tertiary/aromatic N) is 8. The van der Waals surface area contributed by atoms with Gasteiger partial charge in [-0.1, -0.05) is 61.8 Å². The lowest BCUT2D eigenvalue weighted by molar-refractivity contribution is -0.123. The van der Waals surface area contributed by atoms with Crippen molar-refractivity contribution in [2.75, 3.05) is 68.5 Å². The molecule has 6 N–H and O–H groups in total. The minimum Gasteiger partial charge on any atom is -0.497 e. The van der Waals surface area contributed by atoms with Crippen LogP contribution in [-0.2, 0) is 49.7 Å². The van der Waals surface area contributed by atoms with Crippen molar-refractivity contribution in [2.45, 2.75) is 219 Å². The molecule has 19 nitrogen and oxygen atoms in total. The predicted octanol–water partition coefficient (Wildman–Crippen LogP) is 14.1. The average molecular weight is 1420 g/mol. The Labute approximate surface area is 574 Å². The van der Waals surface area contributed by atoms with E-state index in [2.05, 4.69) is 107 Å². The largest absolute Gasteiger partial charge is 0.497 e. The van der Waals surface area contributed by atoms with Gasteiger partial charge >= 0.3 is 0 Å². The van der Waals surface area contributed by atoms with Crippen LogP contribution in [0.5, 0.6) is 11.5 Å². The first-order valence-electron chi connectivity index (χ1n) is 31.1. The lowest BCUT2D eigenvalue weighted by Crippen LogP contribution is -2.41. The van der Waals surface area contributed by atoms with Crippen LogP contribution in [0.3, 0.4) is 0 Å². The summed E-state index contributed by atoms with van der Waals surface area (Å²) in [6.45, 7) is 41.3. The Morgan fingerprint density at radius 2 is 1.03 bits per heavy atom. The van der Waals surface area contributed by atoms with Crippen LogP contribution in [0.4, 0.5) is 11.6 Å². The van der Waals surface area contributed by atoms with Crippen LogP contribution in [0.15, 0.2) is 41.3 Å². The number of halogens is 5. The molecule has 0 spiro atoms. The van der Waals surface area contributed by atoms with E-state index in [1.807, 2.05) is 87.1 Å². The Morgan fingerprint density at radius 3 is 1.38 bits per heavy atom. The quantitative estimate of drug-likeness (QED) is 0.0312. The van der Waals surface area contributed by atoms with Crippen molar-refractivity contribution in [1.29, 1.82) is 0 Å². The average Bonchev–Trinajstić information content (AvgIpc) is 1.78. The number of amides is 2. The van der Waals surface area contributed by atoms with E-state index in [4.69, 9.17) is 77.3 Å². The summed E-state index contributed by atoms with van der Waals surface area (Å²) >= 11 is 24.0. The van der Waals surface area contributed by atoms with E-state index >= 15 is 0 Å². The molecule has 4 aromatic heterocycles. The van der Waals surface area contributed by atoms with Gasteiger partial charge in [0.2, 0.25) is 22.3 Å². The highest BCUT2D eigenvalue weighted by molar-refractivity contribution is 9.10. The molecule has 6 rings (SSSR count). The highest BCUT2D eigenvalue weighted by atomic mass is 79.9. The van der Waals surface area contributed by atoms with E-state index in [0.29, 0.717) is 43.9 Å². The Balaban J connectivity index is 0. The number of aryl methyl sites for hydroxylation is 2. The number of pyridine rings is 2. The van der Waals surface area contributed by atoms with Gasteiger partial charge in [-0.15, -0.1) is 23.2 Å². The van der Waals surface area contributed by atoms with Crippen molar-refractivity contribution < 1.29 is 33.4 Å². The minimum atomic E-state index is -0.508. The van der Waals surface area contributed by atoms with Gasteiger partial charge in [0.15, 0.2) is 17.4 Å². The number of nitrogens with one attached hydrogen (secondary N) is 2. The number of aromatic nitrogens is 6. The van der Waals surface area contributed by atoms with Crippen LogP contribution < -0.4 is 41.4 Å². The van der Waals surface area contributed by atoms with Crippen LogP contribution in [0.2, 0.25) is 5.28 Å². The van der Waals surface area contributed by atoms with Crippen LogP contribution in [0.1, 0.15) is 199 Å². The molecule has 0 saturated carbocycles. The second-order valence-electron chi connectivity index (χ2n) is 27.0. The molecule has 2 aliphatic rings.